The Morgan fingerprint density at radius 3 is 2.19 bits per heavy atom. The van der Waals surface area contributed by atoms with Crippen LogP contribution in [0.2, 0.25) is 0 Å². The number of hydrogen-bond donors (Lipinski definition) is 3. The lowest BCUT2D eigenvalue weighted by Crippen LogP contribution is -2.52. The number of carbonyl (C=O) groups excluding carboxylic acids is 1. The Morgan fingerprint density at radius 1 is 0.944 bits per heavy atom. The van der Waals surface area contributed by atoms with E-state index in [0.717, 1.165) is 5.56 Å². The summed E-state index contributed by atoms with van der Waals surface area (Å²) in [5.74, 6) is -0.548. The zero-order valence-corrected chi connectivity index (χ0v) is 20.5. The summed E-state index contributed by atoms with van der Waals surface area (Å²) in [5, 5.41) is 27.2. The molecule has 3 aromatic carbocycles. The summed E-state index contributed by atoms with van der Waals surface area (Å²) in [7, 11) is 6.07. The quantitative estimate of drug-likeness (QED) is 0.487. The molecule has 1 aliphatic carbocycles. The molecule has 3 N–H and O–H groups in total. The minimum Gasteiger partial charge on any atom is -0.497 e. The molecule has 3 unspecified atom stereocenters. The lowest BCUT2D eigenvalue weighted by molar-refractivity contribution is -0.154. The number of aliphatic hydroxyl groups excluding tert-OH is 1. The molecule has 1 heterocycles. The zero-order valence-electron chi connectivity index (χ0n) is 20.5. The van der Waals surface area contributed by atoms with Gasteiger partial charge in [0, 0.05) is 25.1 Å². The van der Waals surface area contributed by atoms with E-state index in [1.807, 2.05) is 30.3 Å². The molecular formula is C28H29NO7. The van der Waals surface area contributed by atoms with Crippen molar-refractivity contribution in [1.29, 1.82) is 0 Å². The van der Waals surface area contributed by atoms with Gasteiger partial charge < -0.3 is 34.5 Å². The maximum Gasteiger partial charge on any atom is 0.226 e. The number of carbonyl (C=O) groups is 1. The first kappa shape index (κ1) is 24.0. The first-order valence-corrected chi connectivity index (χ1v) is 11.6. The SMILES string of the molecule is CNC(=O)C1C(O)[C@@]2(O)c3c(OC)cc(OC)cc3O[C@@]2(c2ccc(OC)cc2)C1c1ccccc1. The second-order valence-electron chi connectivity index (χ2n) is 9.01. The molecule has 0 radical (unpaired) electrons. The number of rotatable bonds is 6. The molecule has 36 heavy (non-hydrogen) atoms. The van der Waals surface area contributed by atoms with E-state index >= 15 is 0 Å². The molecule has 0 bridgehead atoms. The summed E-state index contributed by atoms with van der Waals surface area (Å²) >= 11 is 0. The van der Waals surface area contributed by atoms with Crippen LogP contribution in [-0.4, -0.2) is 50.6 Å². The fraction of sp³-hybridized carbons (Fsp3) is 0.321. The number of hydrogen-bond acceptors (Lipinski definition) is 7. The van der Waals surface area contributed by atoms with E-state index in [0.29, 0.717) is 22.8 Å². The summed E-state index contributed by atoms with van der Waals surface area (Å²) < 4.78 is 23.2. The summed E-state index contributed by atoms with van der Waals surface area (Å²) in [4.78, 5) is 13.3. The highest BCUT2D eigenvalue weighted by Crippen LogP contribution is 2.70. The van der Waals surface area contributed by atoms with Crippen LogP contribution in [0.25, 0.3) is 0 Å². The standard InChI is InChI=1S/C28H29NO7/c1-29-26(31)22-23(16-8-6-5-7-9-16)28(17-10-12-18(33-2)13-11-17)27(32,25(22)30)24-20(35-4)14-19(34-3)15-21(24)36-28/h5-15,22-23,25,30,32H,1-4H3,(H,29,31)/t22?,23?,25?,27-,28-/m0/s1. The lowest BCUT2D eigenvalue weighted by atomic mass is 9.70. The Bertz CT molecular complexity index is 1280. The van der Waals surface area contributed by atoms with Crippen LogP contribution in [0.1, 0.15) is 22.6 Å². The Kier molecular flexibility index (Phi) is 5.81. The number of ether oxygens (including phenoxy) is 4. The monoisotopic (exact) mass is 491 g/mol. The van der Waals surface area contributed by atoms with Crippen molar-refractivity contribution in [1.82, 2.24) is 5.32 Å². The maximum absolute atomic E-state index is 13.3. The van der Waals surface area contributed by atoms with Gasteiger partial charge in [0.05, 0.1) is 32.8 Å². The van der Waals surface area contributed by atoms with Gasteiger partial charge in [-0.05, 0) is 23.3 Å². The predicted octanol–water partition coefficient (Wildman–Crippen LogP) is 2.71. The fourth-order valence-corrected chi connectivity index (χ4v) is 5.96. The van der Waals surface area contributed by atoms with Crippen LogP contribution < -0.4 is 24.3 Å². The van der Waals surface area contributed by atoms with Crippen molar-refractivity contribution in [3.63, 3.8) is 0 Å². The second-order valence-corrected chi connectivity index (χ2v) is 9.01. The minimum absolute atomic E-state index is 0.265. The van der Waals surface area contributed by atoms with E-state index in [4.69, 9.17) is 18.9 Å². The number of aliphatic hydroxyl groups is 2. The largest absolute Gasteiger partial charge is 0.497 e. The molecular weight excluding hydrogens is 462 g/mol. The molecule has 2 aliphatic rings. The summed E-state index contributed by atoms with van der Waals surface area (Å²) in [5.41, 5.74) is -2.06. The Hall–Kier alpha value is -3.75. The molecule has 1 amide bonds. The topological polar surface area (TPSA) is 106 Å². The summed E-state index contributed by atoms with van der Waals surface area (Å²) in [6.45, 7) is 0. The molecule has 3 aromatic rings. The fourth-order valence-electron chi connectivity index (χ4n) is 5.96. The molecule has 1 saturated carbocycles. The molecule has 5 rings (SSSR count). The Morgan fingerprint density at radius 2 is 1.61 bits per heavy atom. The third kappa shape index (κ3) is 3.04. The van der Waals surface area contributed by atoms with Gasteiger partial charge in [-0.2, -0.15) is 0 Å². The van der Waals surface area contributed by atoms with E-state index in [2.05, 4.69) is 5.32 Å². The lowest BCUT2D eigenvalue weighted by Gasteiger charge is -2.40. The first-order valence-electron chi connectivity index (χ1n) is 11.6. The predicted molar refractivity (Wildman–Crippen MR) is 131 cm³/mol. The molecule has 5 atom stereocenters. The zero-order chi connectivity index (χ0) is 25.7. The van der Waals surface area contributed by atoms with E-state index < -0.39 is 35.0 Å². The van der Waals surface area contributed by atoms with E-state index in [1.54, 1.807) is 43.5 Å². The van der Waals surface area contributed by atoms with Crippen molar-refractivity contribution in [3.05, 3.63) is 83.4 Å². The number of nitrogens with one attached hydrogen (secondary N) is 1. The number of methoxy groups -OCH3 is 3. The van der Waals surface area contributed by atoms with Crippen LogP contribution in [0.5, 0.6) is 23.0 Å². The van der Waals surface area contributed by atoms with Gasteiger partial charge in [0.15, 0.2) is 11.2 Å². The van der Waals surface area contributed by atoms with Gasteiger partial charge in [-0.25, -0.2) is 0 Å². The molecule has 188 valence electrons. The van der Waals surface area contributed by atoms with Crippen molar-refractivity contribution in [2.24, 2.45) is 5.92 Å². The molecule has 0 aromatic heterocycles. The van der Waals surface area contributed by atoms with Crippen LogP contribution in [0, 0.1) is 5.92 Å². The van der Waals surface area contributed by atoms with Gasteiger partial charge in [0.25, 0.3) is 0 Å². The van der Waals surface area contributed by atoms with Crippen molar-refractivity contribution in [2.75, 3.05) is 28.4 Å². The molecule has 1 fully saturated rings. The van der Waals surface area contributed by atoms with Crippen molar-refractivity contribution >= 4 is 5.91 Å². The third-order valence-corrected chi connectivity index (χ3v) is 7.51. The highest BCUT2D eigenvalue weighted by molar-refractivity contribution is 5.83. The number of fused-ring (bicyclic) bond motifs is 3. The Balaban J connectivity index is 1.88. The van der Waals surface area contributed by atoms with Gasteiger partial charge in [-0.1, -0.05) is 42.5 Å². The van der Waals surface area contributed by atoms with Crippen LogP contribution in [0.3, 0.4) is 0 Å². The van der Waals surface area contributed by atoms with Gasteiger partial charge in [-0.15, -0.1) is 0 Å². The average molecular weight is 492 g/mol. The van der Waals surface area contributed by atoms with Gasteiger partial charge in [0.1, 0.15) is 29.1 Å². The normalized spacial score (nSPS) is 28.0. The van der Waals surface area contributed by atoms with Gasteiger partial charge >= 0.3 is 0 Å². The number of amides is 1. The number of benzene rings is 3. The Labute approximate surface area is 209 Å². The van der Waals surface area contributed by atoms with Crippen molar-refractivity contribution < 1.29 is 34.0 Å². The summed E-state index contributed by atoms with van der Waals surface area (Å²) in [6.07, 6.45) is -1.53. The van der Waals surface area contributed by atoms with Gasteiger partial charge in [0.2, 0.25) is 5.91 Å². The third-order valence-electron chi connectivity index (χ3n) is 7.51. The molecule has 0 spiro atoms. The highest BCUT2D eigenvalue weighted by atomic mass is 16.5. The smallest absolute Gasteiger partial charge is 0.226 e. The van der Waals surface area contributed by atoms with E-state index in [1.165, 1.54) is 21.3 Å². The second kappa shape index (κ2) is 8.72. The van der Waals surface area contributed by atoms with Crippen molar-refractivity contribution in [3.8, 4) is 23.0 Å². The first-order chi connectivity index (χ1) is 17.4. The minimum atomic E-state index is -2.05. The van der Waals surface area contributed by atoms with E-state index in [-0.39, 0.29) is 11.3 Å². The van der Waals surface area contributed by atoms with Gasteiger partial charge in [-0.3, -0.25) is 4.79 Å². The summed E-state index contributed by atoms with van der Waals surface area (Å²) in [6, 6.07) is 19.7. The van der Waals surface area contributed by atoms with Crippen molar-refractivity contribution in [2.45, 2.75) is 23.2 Å². The average Bonchev–Trinajstić information content (AvgIpc) is 3.30. The van der Waals surface area contributed by atoms with Crippen LogP contribution in [0.4, 0.5) is 0 Å². The molecule has 1 aliphatic heterocycles. The molecule has 0 saturated heterocycles. The van der Waals surface area contributed by atoms with E-state index in [9.17, 15) is 15.0 Å². The molecule has 8 heteroatoms. The van der Waals surface area contributed by atoms with Crippen LogP contribution in [-0.2, 0) is 16.0 Å². The highest BCUT2D eigenvalue weighted by Gasteiger charge is 2.78. The van der Waals surface area contributed by atoms with Crippen LogP contribution >= 0.6 is 0 Å². The molecule has 8 nitrogen and oxygen atoms in total. The van der Waals surface area contributed by atoms with Crippen LogP contribution in [0.15, 0.2) is 66.7 Å². The maximum atomic E-state index is 13.3.